The van der Waals surface area contributed by atoms with Gasteiger partial charge in [-0.3, -0.25) is 0 Å². The molecule has 0 saturated heterocycles. The Morgan fingerprint density at radius 3 is 2.27 bits per heavy atom. The lowest BCUT2D eigenvalue weighted by molar-refractivity contribution is 1.40. The quantitative estimate of drug-likeness (QED) is 0.673. The average Bonchev–Trinajstić information content (AvgIpc) is 2.31. The second-order valence-corrected chi connectivity index (χ2v) is 4.61. The Morgan fingerprint density at radius 1 is 0.867 bits per heavy atom. The van der Waals surface area contributed by atoms with E-state index in [9.17, 15) is 0 Å². The third-order valence-corrected chi connectivity index (χ3v) is 3.20. The summed E-state index contributed by atoms with van der Waals surface area (Å²) in [6.45, 7) is 2.25. The van der Waals surface area contributed by atoms with Gasteiger partial charge in [-0.15, -0.1) is 8.58 Å². The van der Waals surface area contributed by atoms with Gasteiger partial charge in [-0.2, -0.15) is 0 Å². The minimum atomic E-state index is 0.976. The van der Waals surface area contributed by atoms with Crippen molar-refractivity contribution in [2.45, 2.75) is 6.16 Å². The molecule has 2 rings (SSSR count). The normalized spacial score (nSPS) is 11.0. The van der Waals surface area contributed by atoms with Crippen LogP contribution < -0.4 is 0 Å². The smallest absolute Gasteiger partial charge is 0.00969 e. The van der Waals surface area contributed by atoms with Gasteiger partial charge in [0.15, 0.2) is 0 Å². The fourth-order valence-electron chi connectivity index (χ4n) is 1.76. The van der Waals surface area contributed by atoms with E-state index in [1.807, 2.05) is 0 Å². The highest BCUT2D eigenvalue weighted by atomic mass is 31.1. The highest BCUT2D eigenvalue weighted by Gasteiger charge is 2.02. The van der Waals surface area contributed by atoms with Gasteiger partial charge in [0.05, 0.1) is 0 Å². The van der Waals surface area contributed by atoms with Crippen molar-refractivity contribution in [3.8, 4) is 11.1 Å². The summed E-state index contributed by atoms with van der Waals surface area (Å²) in [5.74, 6) is 0. The van der Waals surface area contributed by atoms with Crippen LogP contribution in [0, 0.1) is 0 Å². The lowest BCUT2D eigenvalue weighted by Crippen LogP contribution is -1.85. The van der Waals surface area contributed by atoms with Crippen molar-refractivity contribution in [3.63, 3.8) is 0 Å². The van der Waals surface area contributed by atoms with Crippen LogP contribution in [0.4, 0.5) is 0 Å². The molecule has 0 bridgehead atoms. The number of rotatable bonds is 3. The van der Waals surface area contributed by atoms with E-state index in [4.69, 9.17) is 0 Å². The summed E-state index contributed by atoms with van der Waals surface area (Å²) < 4.78 is 0. The first-order chi connectivity index (χ1) is 7.42. The Hall–Kier alpha value is -1.13. The van der Waals surface area contributed by atoms with Crippen LogP contribution in [0.15, 0.2) is 54.6 Å². The Morgan fingerprint density at radius 2 is 1.53 bits per heavy atom. The first-order valence-electron chi connectivity index (χ1n) is 5.20. The van der Waals surface area contributed by atoms with E-state index < -0.39 is 0 Å². The summed E-state index contributed by atoms with van der Waals surface area (Å²) in [4.78, 5) is 0. The van der Waals surface area contributed by atoms with Crippen molar-refractivity contribution in [3.05, 3.63) is 60.2 Å². The van der Waals surface area contributed by atoms with Crippen LogP contribution in [0.5, 0.6) is 0 Å². The largest absolute Gasteiger partial charge is 0.121 e. The zero-order chi connectivity index (χ0) is 10.5. The number of benzene rings is 2. The van der Waals surface area contributed by atoms with Crippen molar-refractivity contribution in [1.82, 2.24) is 0 Å². The molecule has 0 heterocycles. The highest BCUT2D eigenvalue weighted by Crippen LogP contribution is 2.27. The highest BCUT2D eigenvalue weighted by molar-refractivity contribution is 7.36. The van der Waals surface area contributed by atoms with E-state index in [0.717, 1.165) is 8.58 Å². The molecule has 0 fully saturated rings. The Balaban J connectivity index is 2.43. The summed E-state index contributed by atoms with van der Waals surface area (Å²) in [6.07, 6.45) is 1.19. The molecular formula is C14H15P. The molecule has 0 N–H and O–H groups in total. The molecule has 2 aromatic carbocycles. The molecule has 0 spiro atoms. The van der Waals surface area contributed by atoms with Crippen LogP contribution in [0.25, 0.3) is 11.1 Å². The van der Waals surface area contributed by atoms with E-state index in [2.05, 4.69) is 61.3 Å². The monoisotopic (exact) mass is 214 g/mol. The zero-order valence-electron chi connectivity index (χ0n) is 8.90. The second kappa shape index (κ2) is 5.09. The predicted molar refractivity (Wildman–Crippen MR) is 69.8 cm³/mol. The van der Waals surface area contributed by atoms with Gasteiger partial charge in [0, 0.05) is 0 Å². The van der Waals surface area contributed by atoms with Crippen molar-refractivity contribution in [1.29, 1.82) is 0 Å². The summed E-state index contributed by atoms with van der Waals surface area (Å²) in [5, 5.41) is 0. The molecule has 1 unspecified atom stereocenters. The molecule has 2 aromatic rings. The van der Waals surface area contributed by atoms with Crippen LogP contribution in [-0.2, 0) is 6.16 Å². The van der Waals surface area contributed by atoms with Crippen molar-refractivity contribution < 1.29 is 0 Å². The summed E-state index contributed by atoms with van der Waals surface area (Å²) >= 11 is 0. The average molecular weight is 214 g/mol. The molecule has 1 heteroatoms. The molecule has 0 aliphatic rings. The van der Waals surface area contributed by atoms with E-state index in [-0.39, 0.29) is 0 Å². The van der Waals surface area contributed by atoms with Gasteiger partial charge in [-0.1, -0.05) is 54.6 Å². The Kier molecular flexibility index (Phi) is 3.53. The minimum absolute atomic E-state index is 0.976. The second-order valence-electron chi connectivity index (χ2n) is 3.55. The van der Waals surface area contributed by atoms with Crippen LogP contribution in [0.3, 0.4) is 0 Å². The van der Waals surface area contributed by atoms with Crippen LogP contribution in [0.2, 0.25) is 0 Å². The third kappa shape index (κ3) is 2.46. The molecule has 0 aromatic heterocycles. The maximum Gasteiger partial charge on any atom is -0.00969 e. The number of hydrogen-bond acceptors (Lipinski definition) is 0. The molecule has 1 atom stereocenters. The van der Waals surface area contributed by atoms with Crippen LogP contribution in [-0.4, -0.2) is 6.66 Å². The Labute approximate surface area is 93.1 Å². The first kappa shape index (κ1) is 10.4. The Bertz CT molecular complexity index is 420. The van der Waals surface area contributed by atoms with Gasteiger partial charge < -0.3 is 0 Å². The molecule has 0 saturated carbocycles. The molecule has 0 amide bonds. The van der Waals surface area contributed by atoms with Gasteiger partial charge in [0.25, 0.3) is 0 Å². The number of hydrogen-bond donors (Lipinski definition) is 0. The van der Waals surface area contributed by atoms with Crippen molar-refractivity contribution >= 4 is 8.58 Å². The van der Waals surface area contributed by atoms with E-state index in [1.54, 1.807) is 0 Å². The standard InChI is InChI=1S/C14H15P/c1-15-11-13-9-5-6-10-14(13)12-7-3-2-4-8-12/h2-10,15H,11H2,1H3. The lowest BCUT2D eigenvalue weighted by atomic mass is 10.0. The third-order valence-electron chi connectivity index (χ3n) is 2.47. The molecule has 0 nitrogen and oxygen atoms in total. The predicted octanol–water partition coefficient (Wildman–Crippen LogP) is 4.16. The molecule has 0 aliphatic heterocycles. The van der Waals surface area contributed by atoms with Crippen LogP contribution in [0.1, 0.15) is 5.56 Å². The fourth-order valence-corrected chi connectivity index (χ4v) is 2.45. The SMILES string of the molecule is CPCc1ccccc1-c1ccccc1. The van der Waals surface area contributed by atoms with Crippen molar-refractivity contribution in [2.24, 2.45) is 0 Å². The summed E-state index contributed by atoms with van der Waals surface area (Å²) in [7, 11) is 0.976. The van der Waals surface area contributed by atoms with Crippen molar-refractivity contribution in [2.75, 3.05) is 6.66 Å². The topological polar surface area (TPSA) is 0 Å². The van der Waals surface area contributed by atoms with E-state index in [1.165, 1.54) is 22.9 Å². The van der Waals surface area contributed by atoms with E-state index >= 15 is 0 Å². The van der Waals surface area contributed by atoms with E-state index in [0.29, 0.717) is 0 Å². The van der Waals surface area contributed by atoms with Gasteiger partial charge in [-0.05, 0) is 29.5 Å². The first-order valence-corrected chi connectivity index (χ1v) is 6.90. The summed E-state index contributed by atoms with van der Waals surface area (Å²) in [5.41, 5.74) is 4.17. The molecule has 0 radical (unpaired) electrons. The zero-order valence-corrected chi connectivity index (χ0v) is 9.90. The molecule has 0 aliphatic carbocycles. The molecular weight excluding hydrogens is 199 g/mol. The maximum absolute atomic E-state index is 2.25. The van der Waals surface area contributed by atoms with Gasteiger partial charge in [-0.25, -0.2) is 0 Å². The lowest BCUT2D eigenvalue weighted by Gasteiger charge is -2.08. The fraction of sp³-hybridized carbons (Fsp3) is 0.143. The van der Waals surface area contributed by atoms with Gasteiger partial charge in [0.1, 0.15) is 0 Å². The van der Waals surface area contributed by atoms with Gasteiger partial charge >= 0.3 is 0 Å². The van der Waals surface area contributed by atoms with Gasteiger partial charge in [0.2, 0.25) is 0 Å². The molecule has 76 valence electrons. The maximum atomic E-state index is 2.25. The molecule has 15 heavy (non-hydrogen) atoms. The van der Waals surface area contributed by atoms with Crippen LogP contribution >= 0.6 is 8.58 Å². The minimum Gasteiger partial charge on any atom is -0.121 e. The summed E-state index contributed by atoms with van der Waals surface area (Å²) in [6, 6.07) is 19.3.